The minimum atomic E-state index is -0.145. The van der Waals surface area contributed by atoms with Gasteiger partial charge in [-0.2, -0.15) is 0 Å². The van der Waals surface area contributed by atoms with Crippen LogP contribution in [0.3, 0.4) is 0 Å². The second kappa shape index (κ2) is 11.6. The number of benzene rings is 3. The molecule has 2 aliphatic rings. The van der Waals surface area contributed by atoms with Crippen LogP contribution in [0.2, 0.25) is 10.0 Å². The Kier molecular flexibility index (Phi) is 7.89. The number of nitrogens with one attached hydrogen (secondary N) is 1. The predicted molar refractivity (Wildman–Crippen MR) is 170 cm³/mol. The summed E-state index contributed by atoms with van der Waals surface area (Å²) >= 11 is 14.3. The average molecular weight is 591 g/mol. The second-order valence-electron chi connectivity index (χ2n) is 10.9. The van der Waals surface area contributed by atoms with Crippen molar-refractivity contribution in [3.05, 3.63) is 105 Å². The van der Waals surface area contributed by atoms with E-state index in [1.807, 2.05) is 30.3 Å². The van der Waals surface area contributed by atoms with E-state index in [9.17, 15) is 4.79 Å². The minimum absolute atomic E-state index is 0.120. The lowest BCUT2D eigenvalue weighted by atomic mass is 9.85. The maximum Gasteiger partial charge on any atom is 0.262 e. The van der Waals surface area contributed by atoms with E-state index >= 15 is 0 Å². The molecule has 3 aromatic carbocycles. The fourth-order valence-corrected chi connectivity index (χ4v) is 7.82. The van der Waals surface area contributed by atoms with Crippen molar-refractivity contribution in [1.82, 2.24) is 9.47 Å². The Morgan fingerprint density at radius 1 is 1.00 bits per heavy atom. The number of halogens is 2. The maximum absolute atomic E-state index is 14.1. The molecule has 1 amide bonds. The van der Waals surface area contributed by atoms with E-state index in [4.69, 9.17) is 23.2 Å². The molecule has 1 unspecified atom stereocenters. The molecule has 40 heavy (non-hydrogen) atoms. The van der Waals surface area contributed by atoms with E-state index in [0.29, 0.717) is 22.5 Å². The van der Waals surface area contributed by atoms with Gasteiger partial charge in [0.05, 0.1) is 4.91 Å². The van der Waals surface area contributed by atoms with Gasteiger partial charge in [0.15, 0.2) is 5.50 Å². The van der Waals surface area contributed by atoms with Gasteiger partial charge in [0.25, 0.3) is 5.91 Å². The first-order valence-electron chi connectivity index (χ1n) is 13.9. The average Bonchev–Trinajstić information content (AvgIpc) is 3.39. The number of carbonyl (C=O) groups excluding carboxylic acids is 1. The number of fused-ring (bicyclic) bond motifs is 1. The zero-order chi connectivity index (χ0) is 27.8. The van der Waals surface area contributed by atoms with Crippen LogP contribution >= 0.6 is 35.0 Å². The Balaban J connectivity index is 1.40. The van der Waals surface area contributed by atoms with Crippen molar-refractivity contribution in [2.45, 2.75) is 57.6 Å². The molecule has 3 atom stereocenters. The lowest BCUT2D eigenvalue weighted by Crippen LogP contribution is -2.48. The number of carbonyl (C=O) groups is 1. The molecule has 1 aromatic heterocycles. The van der Waals surface area contributed by atoms with Crippen LogP contribution in [-0.4, -0.2) is 26.9 Å². The number of hydrogen-bond acceptors (Lipinski definition) is 3. The number of thioether (sulfide) groups is 1. The van der Waals surface area contributed by atoms with Crippen LogP contribution in [0.4, 0.5) is 5.69 Å². The quantitative estimate of drug-likeness (QED) is 0.228. The molecule has 4 nitrogen and oxygen atoms in total. The van der Waals surface area contributed by atoms with Gasteiger partial charge in [0.2, 0.25) is 0 Å². The minimum Gasteiger partial charge on any atom is -0.356 e. The Hall–Kier alpha value is -2.86. The van der Waals surface area contributed by atoms with Crippen molar-refractivity contribution in [2.75, 3.05) is 5.32 Å². The summed E-state index contributed by atoms with van der Waals surface area (Å²) in [5.74, 6) is 0.597. The molecule has 1 saturated heterocycles. The van der Waals surface area contributed by atoms with Gasteiger partial charge in [0.1, 0.15) is 0 Å². The van der Waals surface area contributed by atoms with E-state index < -0.39 is 0 Å². The summed E-state index contributed by atoms with van der Waals surface area (Å²) < 4.78 is 2.28. The summed E-state index contributed by atoms with van der Waals surface area (Å²) in [5, 5.41) is 6.06. The molecule has 206 valence electrons. The number of nitrogens with zero attached hydrogens (tertiary/aromatic N) is 2. The van der Waals surface area contributed by atoms with E-state index in [1.165, 1.54) is 12.8 Å². The smallest absolute Gasteiger partial charge is 0.262 e. The summed E-state index contributed by atoms with van der Waals surface area (Å²) in [6.07, 6.45) is 6.73. The van der Waals surface area contributed by atoms with Gasteiger partial charge in [-0.15, -0.1) is 0 Å². The Labute approximate surface area is 250 Å². The van der Waals surface area contributed by atoms with Crippen LogP contribution in [0.1, 0.15) is 49.4 Å². The molecule has 1 aliphatic carbocycles. The first kappa shape index (κ1) is 27.3. The molecule has 1 aliphatic heterocycles. The third-order valence-corrected chi connectivity index (χ3v) is 10.0. The fraction of sp³-hybridized carbons (Fsp3) is 0.303. The van der Waals surface area contributed by atoms with Crippen molar-refractivity contribution in [1.29, 1.82) is 0 Å². The van der Waals surface area contributed by atoms with Crippen LogP contribution in [0.25, 0.3) is 17.0 Å². The van der Waals surface area contributed by atoms with Gasteiger partial charge < -0.3 is 14.8 Å². The molecular weight excluding hydrogens is 557 g/mol. The third-order valence-electron chi connectivity index (χ3n) is 8.32. The highest BCUT2D eigenvalue weighted by Crippen LogP contribution is 2.43. The van der Waals surface area contributed by atoms with E-state index in [2.05, 4.69) is 71.1 Å². The predicted octanol–water partition coefficient (Wildman–Crippen LogP) is 9.20. The van der Waals surface area contributed by atoms with Gasteiger partial charge in [-0.25, -0.2) is 0 Å². The summed E-state index contributed by atoms with van der Waals surface area (Å²) in [4.78, 5) is 17.0. The largest absolute Gasteiger partial charge is 0.356 e. The number of anilines is 1. The molecule has 1 saturated carbocycles. The first-order chi connectivity index (χ1) is 19.4. The zero-order valence-electron chi connectivity index (χ0n) is 22.7. The van der Waals surface area contributed by atoms with Gasteiger partial charge in [-0.1, -0.05) is 97.2 Å². The highest BCUT2D eigenvalue weighted by atomic mass is 35.5. The maximum atomic E-state index is 14.1. The third kappa shape index (κ3) is 5.27. The molecule has 2 fully saturated rings. The Morgan fingerprint density at radius 3 is 2.52 bits per heavy atom. The van der Waals surface area contributed by atoms with Crippen LogP contribution in [0.5, 0.6) is 0 Å². The standard InChI is InChI=1S/C33H33Cl2N3OS/c1-21-10-6-8-14-29(21)38-32(39)31(40-33(38)36-25-11-4-3-5-12-25)19-27-22(2)37(30-15-9-7-13-26(27)30)20-23-16-17-24(34)18-28(23)35/h3-5,7,9,11-13,15-19,21,29,33,36H,6,8,10,14,20H2,1-2H3/b31-19-/t21-,29-,33?/m0/s1. The normalized spacial score (nSPS) is 22.4. The molecule has 0 radical (unpaired) electrons. The summed E-state index contributed by atoms with van der Waals surface area (Å²) in [6.45, 7) is 5.04. The second-order valence-corrected chi connectivity index (χ2v) is 12.8. The van der Waals surface area contributed by atoms with Crippen LogP contribution < -0.4 is 5.32 Å². The first-order valence-corrected chi connectivity index (χ1v) is 15.6. The Bertz CT molecular complexity index is 1580. The fourth-order valence-electron chi connectivity index (χ4n) is 6.16. The molecule has 7 heteroatoms. The highest BCUT2D eigenvalue weighted by Gasteiger charge is 2.43. The van der Waals surface area contributed by atoms with Crippen molar-refractivity contribution in [2.24, 2.45) is 5.92 Å². The number of rotatable bonds is 6. The van der Waals surface area contributed by atoms with E-state index in [1.54, 1.807) is 17.8 Å². The van der Waals surface area contributed by atoms with Gasteiger partial charge in [-0.3, -0.25) is 4.79 Å². The highest BCUT2D eigenvalue weighted by molar-refractivity contribution is 8.05. The van der Waals surface area contributed by atoms with E-state index in [-0.39, 0.29) is 17.4 Å². The molecule has 2 heterocycles. The summed E-state index contributed by atoms with van der Waals surface area (Å²) in [6, 6.07) is 24.5. The van der Waals surface area contributed by atoms with Crippen LogP contribution in [0, 0.1) is 12.8 Å². The van der Waals surface area contributed by atoms with Crippen molar-refractivity contribution >= 4 is 63.5 Å². The molecule has 4 aromatic rings. The summed E-state index contributed by atoms with van der Waals surface area (Å²) in [5.41, 5.74) is 5.18. The molecule has 0 bridgehead atoms. The van der Waals surface area contributed by atoms with Crippen LogP contribution in [-0.2, 0) is 11.3 Å². The van der Waals surface area contributed by atoms with Crippen molar-refractivity contribution in [3.8, 4) is 0 Å². The topological polar surface area (TPSA) is 37.3 Å². The lowest BCUT2D eigenvalue weighted by Gasteiger charge is -2.39. The van der Waals surface area contributed by atoms with E-state index in [0.717, 1.165) is 51.2 Å². The zero-order valence-corrected chi connectivity index (χ0v) is 25.1. The number of para-hydroxylation sites is 2. The number of aromatic nitrogens is 1. The van der Waals surface area contributed by atoms with Gasteiger partial charge in [0, 0.05) is 50.5 Å². The monoisotopic (exact) mass is 589 g/mol. The SMILES string of the molecule is Cc1c(/C=C2\SC(Nc3ccccc3)N([C@H]3CCCC[C@@H]3C)C2=O)c2ccccc2n1Cc1ccc(Cl)cc1Cl. The van der Waals surface area contributed by atoms with Gasteiger partial charge >= 0.3 is 0 Å². The number of amides is 1. The molecule has 0 spiro atoms. The number of hydrogen-bond donors (Lipinski definition) is 1. The Morgan fingerprint density at radius 2 is 1.75 bits per heavy atom. The van der Waals surface area contributed by atoms with Gasteiger partial charge in [-0.05, 0) is 67.7 Å². The lowest BCUT2D eigenvalue weighted by molar-refractivity contribution is -0.129. The van der Waals surface area contributed by atoms with Crippen molar-refractivity contribution < 1.29 is 4.79 Å². The molecule has 6 rings (SSSR count). The summed E-state index contributed by atoms with van der Waals surface area (Å²) in [7, 11) is 0. The molecule has 1 N–H and O–H groups in total. The van der Waals surface area contributed by atoms with Crippen LogP contribution in [0.15, 0.2) is 77.7 Å². The molecular formula is C33H33Cl2N3OS. The van der Waals surface area contributed by atoms with Crippen molar-refractivity contribution in [3.63, 3.8) is 0 Å².